The van der Waals surface area contributed by atoms with E-state index in [9.17, 15) is 9.59 Å². The van der Waals surface area contributed by atoms with E-state index < -0.39 is 0 Å². The number of rotatable bonds is 7. The fourth-order valence-electron chi connectivity index (χ4n) is 2.99. The highest BCUT2D eigenvalue weighted by Crippen LogP contribution is 2.23. The topological polar surface area (TPSA) is 53.3 Å². The molecule has 1 N–H and O–H groups in total. The second kappa shape index (κ2) is 9.33. The Kier molecular flexibility index (Phi) is 7.13. The summed E-state index contributed by atoms with van der Waals surface area (Å²) < 4.78 is 1.70. The predicted octanol–water partition coefficient (Wildman–Crippen LogP) is 0.0638. The van der Waals surface area contributed by atoms with E-state index in [0.717, 1.165) is 18.5 Å². The van der Waals surface area contributed by atoms with Gasteiger partial charge in [0.2, 0.25) is 0 Å². The molecule has 2 amide bonds. The largest absolute Gasteiger partial charge is 1.00 e. The summed E-state index contributed by atoms with van der Waals surface area (Å²) in [5.41, 5.74) is 1.47. The number of nitrogens with one attached hydrogen (secondary N) is 1. The first-order chi connectivity index (χ1) is 12.6. The van der Waals surface area contributed by atoms with Crippen LogP contribution in [0.4, 0.5) is 5.69 Å². The lowest BCUT2D eigenvalue weighted by Crippen LogP contribution is -3.00. The van der Waals surface area contributed by atoms with Crippen LogP contribution < -0.4 is 22.3 Å². The molecule has 1 aromatic heterocycles. The molecule has 6 heteroatoms. The Labute approximate surface area is 166 Å². The Balaban J connectivity index is 0.00000261. The molecule has 2 heterocycles. The zero-order valence-electron chi connectivity index (χ0n) is 15.6. The van der Waals surface area contributed by atoms with E-state index in [2.05, 4.69) is 19.2 Å². The molecular weight excluding hydrogens is 362 g/mol. The number of hydrogen-bond donors (Lipinski definition) is 1. The third-order valence-corrected chi connectivity index (χ3v) is 4.32. The molecule has 0 saturated heterocycles. The minimum Gasteiger partial charge on any atom is -1.00 e. The van der Waals surface area contributed by atoms with Crippen LogP contribution in [0.3, 0.4) is 0 Å². The van der Waals surface area contributed by atoms with Crippen molar-refractivity contribution < 1.29 is 26.6 Å². The second-order valence-electron chi connectivity index (χ2n) is 6.80. The van der Waals surface area contributed by atoms with Crippen LogP contribution in [-0.2, 0) is 9.59 Å². The highest BCUT2D eigenvalue weighted by molar-refractivity contribution is 6.30. The van der Waals surface area contributed by atoms with Crippen molar-refractivity contribution in [3.05, 3.63) is 66.6 Å². The van der Waals surface area contributed by atoms with Crippen molar-refractivity contribution in [1.29, 1.82) is 0 Å². The van der Waals surface area contributed by atoms with Crippen LogP contribution in [0.15, 0.2) is 66.6 Å². The first-order valence-corrected chi connectivity index (χ1v) is 8.97. The zero-order chi connectivity index (χ0) is 18.5. The third-order valence-electron chi connectivity index (χ3n) is 4.32. The fraction of sp³-hybridized carbons (Fsp3) is 0.286. The van der Waals surface area contributed by atoms with Gasteiger partial charge >= 0.3 is 11.6 Å². The fourth-order valence-corrected chi connectivity index (χ4v) is 2.99. The minimum atomic E-state index is -0.269. The van der Waals surface area contributed by atoms with Crippen molar-refractivity contribution >= 4 is 23.2 Å². The summed E-state index contributed by atoms with van der Waals surface area (Å²) in [7, 11) is 0. The van der Waals surface area contributed by atoms with Gasteiger partial charge in [0.25, 0.3) is 5.91 Å². The number of carbonyl (C=O) groups is 2. The van der Waals surface area contributed by atoms with Gasteiger partial charge in [-0.2, -0.15) is 4.57 Å². The average molecular weight is 386 g/mol. The Bertz CT molecular complexity index is 820. The summed E-state index contributed by atoms with van der Waals surface area (Å²) in [6.45, 7) is 4.71. The van der Waals surface area contributed by atoms with Crippen molar-refractivity contribution in [2.45, 2.75) is 26.7 Å². The van der Waals surface area contributed by atoms with Crippen molar-refractivity contribution in [2.75, 3.05) is 11.9 Å². The van der Waals surface area contributed by atoms with Crippen molar-refractivity contribution in [2.24, 2.45) is 5.92 Å². The molecule has 27 heavy (non-hydrogen) atoms. The van der Waals surface area contributed by atoms with Crippen molar-refractivity contribution in [3.8, 4) is 0 Å². The van der Waals surface area contributed by atoms with Gasteiger partial charge in [-0.25, -0.2) is 0 Å². The van der Waals surface area contributed by atoms with E-state index in [4.69, 9.17) is 0 Å². The highest BCUT2D eigenvalue weighted by Gasteiger charge is 2.44. The lowest BCUT2D eigenvalue weighted by atomic mass is 10.1. The first kappa shape index (κ1) is 20.6. The highest BCUT2D eigenvalue weighted by atomic mass is 35.5. The van der Waals surface area contributed by atoms with Crippen LogP contribution in [0.5, 0.6) is 0 Å². The van der Waals surface area contributed by atoms with Crippen LogP contribution in [0, 0.1) is 5.92 Å². The molecule has 0 aliphatic carbocycles. The number of para-hydroxylation sites is 1. The molecule has 1 aliphatic heterocycles. The van der Waals surface area contributed by atoms with Gasteiger partial charge in [0.15, 0.2) is 18.1 Å². The number of amides is 2. The van der Waals surface area contributed by atoms with E-state index in [0.29, 0.717) is 23.9 Å². The molecule has 142 valence electrons. The van der Waals surface area contributed by atoms with Crippen LogP contribution in [0.2, 0.25) is 0 Å². The van der Waals surface area contributed by atoms with Crippen molar-refractivity contribution in [3.63, 3.8) is 0 Å². The number of imide groups is 1. The van der Waals surface area contributed by atoms with E-state index in [1.807, 2.05) is 48.5 Å². The molecule has 2 aromatic rings. The summed E-state index contributed by atoms with van der Waals surface area (Å²) in [5.74, 6) is 0.0167. The maximum atomic E-state index is 13.0. The second-order valence-corrected chi connectivity index (χ2v) is 6.80. The Morgan fingerprint density at radius 1 is 0.963 bits per heavy atom. The van der Waals surface area contributed by atoms with Gasteiger partial charge in [0, 0.05) is 24.4 Å². The molecule has 0 radical (unpaired) electrons. The number of carbonyl (C=O) groups excluding carboxylic acids is 2. The smallest absolute Gasteiger partial charge is 0.328 e. The third kappa shape index (κ3) is 4.74. The predicted molar refractivity (Wildman–Crippen MR) is 101 cm³/mol. The van der Waals surface area contributed by atoms with Crippen molar-refractivity contribution in [1.82, 2.24) is 4.90 Å². The van der Waals surface area contributed by atoms with Crippen LogP contribution in [0.25, 0.3) is 5.70 Å². The van der Waals surface area contributed by atoms with Gasteiger partial charge in [0.05, 0.1) is 0 Å². The van der Waals surface area contributed by atoms with E-state index in [1.54, 1.807) is 17.0 Å². The normalized spacial score (nSPS) is 14.0. The quantitative estimate of drug-likeness (QED) is 0.542. The summed E-state index contributed by atoms with van der Waals surface area (Å²) in [5, 5.41) is 3.15. The molecule has 0 unspecified atom stereocenters. The molecule has 3 rings (SSSR count). The molecule has 0 fully saturated rings. The number of aromatic nitrogens is 1. The first-order valence-electron chi connectivity index (χ1n) is 8.97. The number of hydrogen-bond acceptors (Lipinski definition) is 3. The maximum absolute atomic E-state index is 13.0. The van der Waals surface area contributed by atoms with Gasteiger partial charge < -0.3 is 17.7 Å². The van der Waals surface area contributed by atoms with Gasteiger partial charge in [0.1, 0.15) is 0 Å². The monoisotopic (exact) mass is 385 g/mol. The Morgan fingerprint density at radius 3 is 2.22 bits per heavy atom. The van der Waals surface area contributed by atoms with Gasteiger partial charge in [-0.3, -0.25) is 14.5 Å². The number of benzene rings is 1. The van der Waals surface area contributed by atoms with E-state index >= 15 is 0 Å². The summed E-state index contributed by atoms with van der Waals surface area (Å²) >= 11 is 0. The number of nitrogens with zero attached hydrogens (tertiary/aromatic N) is 2. The SMILES string of the molecule is CC(C)CCCN1C(=O)C(Nc2ccccc2)=C([n+]2ccccc2)C1=O.[Cl-]. The maximum Gasteiger partial charge on any atom is 0.328 e. The van der Waals surface area contributed by atoms with Crippen LogP contribution in [-0.4, -0.2) is 23.3 Å². The minimum absolute atomic E-state index is 0. The lowest BCUT2D eigenvalue weighted by molar-refractivity contribution is -0.577. The summed E-state index contributed by atoms with van der Waals surface area (Å²) in [6.07, 6.45) is 5.35. The Morgan fingerprint density at radius 2 is 1.59 bits per heavy atom. The molecule has 5 nitrogen and oxygen atoms in total. The van der Waals surface area contributed by atoms with E-state index in [1.165, 1.54) is 4.90 Å². The van der Waals surface area contributed by atoms with Crippen LogP contribution in [0.1, 0.15) is 26.7 Å². The standard InChI is InChI=1S/C21H23N3O2.ClH/c1-16(2)10-9-15-24-20(25)18(22-17-11-5-3-6-12-17)19(21(24)26)23-13-7-4-8-14-23;/h3-8,11-14,16H,9-10,15H2,1-2H3;1H. The number of anilines is 1. The average Bonchev–Trinajstić information content (AvgIpc) is 2.87. The summed E-state index contributed by atoms with van der Waals surface area (Å²) in [6, 6.07) is 15.0. The molecule has 0 bridgehead atoms. The number of pyridine rings is 1. The van der Waals surface area contributed by atoms with Gasteiger partial charge in [-0.1, -0.05) is 38.1 Å². The molecule has 1 aliphatic rings. The molecule has 0 spiro atoms. The summed E-state index contributed by atoms with van der Waals surface area (Å²) in [4.78, 5) is 27.3. The van der Waals surface area contributed by atoms with E-state index in [-0.39, 0.29) is 24.2 Å². The van der Waals surface area contributed by atoms with Crippen LogP contribution >= 0.6 is 0 Å². The molecule has 1 aromatic carbocycles. The zero-order valence-corrected chi connectivity index (χ0v) is 16.3. The molecular formula is C21H24ClN3O2. The molecule has 0 atom stereocenters. The Hall–Kier alpha value is -2.66. The van der Waals surface area contributed by atoms with Gasteiger partial charge in [-0.05, 0) is 30.9 Å². The molecule has 0 saturated carbocycles. The number of halogens is 1. The lowest BCUT2D eigenvalue weighted by Gasteiger charge is -2.14. The van der Waals surface area contributed by atoms with Gasteiger partial charge in [-0.15, -0.1) is 0 Å².